The fourth-order valence-corrected chi connectivity index (χ4v) is 3.01. The van der Waals surface area contributed by atoms with Gasteiger partial charge in [-0.25, -0.2) is 4.79 Å². The van der Waals surface area contributed by atoms with E-state index in [0.717, 1.165) is 11.3 Å². The van der Waals surface area contributed by atoms with Gasteiger partial charge in [-0.1, -0.05) is 0 Å². The van der Waals surface area contributed by atoms with Crippen molar-refractivity contribution < 1.29 is 24.2 Å². The molecule has 0 saturated heterocycles. The third kappa shape index (κ3) is 3.92. The zero-order chi connectivity index (χ0) is 19.6. The molecule has 140 valence electrons. The minimum atomic E-state index is -1.05. The van der Waals surface area contributed by atoms with Crippen molar-refractivity contribution in [2.75, 3.05) is 30.5 Å². The molecule has 0 spiro atoms. The molecule has 0 fully saturated rings. The van der Waals surface area contributed by atoms with Gasteiger partial charge in [0.25, 0.3) is 5.91 Å². The first kappa shape index (κ1) is 18.4. The number of hydrogen-bond donors (Lipinski definition) is 1. The summed E-state index contributed by atoms with van der Waals surface area (Å²) in [6.07, 6.45) is 1.06. The molecule has 1 aliphatic heterocycles. The Kier molecular flexibility index (Phi) is 5.12. The Labute approximate surface area is 156 Å². The van der Waals surface area contributed by atoms with Crippen molar-refractivity contribution in [1.82, 2.24) is 0 Å². The SMILES string of the molecule is CN(C(=O)c1ccc2c(c1)CCC(=O)N2C)c1ccc(OCC(=O)O)cc1. The van der Waals surface area contributed by atoms with Crippen LogP contribution in [0.4, 0.5) is 11.4 Å². The van der Waals surface area contributed by atoms with Crippen molar-refractivity contribution in [2.45, 2.75) is 12.8 Å². The zero-order valence-corrected chi connectivity index (χ0v) is 15.1. The first-order chi connectivity index (χ1) is 12.9. The highest BCUT2D eigenvalue weighted by Crippen LogP contribution is 2.28. The van der Waals surface area contributed by atoms with E-state index >= 15 is 0 Å². The van der Waals surface area contributed by atoms with E-state index in [1.807, 2.05) is 6.07 Å². The van der Waals surface area contributed by atoms with E-state index in [-0.39, 0.29) is 11.8 Å². The second kappa shape index (κ2) is 7.49. The van der Waals surface area contributed by atoms with Crippen LogP contribution in [-0.4, -0.2) is 43.6 Å². The summed E-state index contributed by atoms with van der Waals surface area (Å²) in [6, 6.07) is 12.0. The Bertz CT molecular complexity index is 892. The molecule has 3 rings (SSSR count). The molecule has 7 heteroatoms. The summed E-state index contributed by atoms with van der Waals surface area (Å²) in [5.74, 6) is -0.727. The summed E-state index contributed by atoms with van der Waals surface area (Å²) in [5, 5.41) is 8.63. The van der Waals surface area contributed by atoms with E-state index in [0.29, 0.717) is 29.8 Å². The molecule has 0 atom stereocenters. The lowest BCUT2D eigenvalue weighted by Gasteiger charge is -2.26. The highest BCUT2D eigenvalue weighted by atomic mass is 16.5. The highest BCUT2D eigenvalue weighted by Gasteiger charge is 2.23. The van der Waals surface area contributed by atoms with Gasteiger partial charge < -0.3 is 19.6 Å². The molecular weight excluding hydrogens is 348 g/mol. The number of anilines is 2. The number of carboxylic acids is 1. The molecule has 0 radical (unpaired) electrons. The summed E-state index contributed by atoms with van der Waals surface area (Å²) in [7, 11) is 3.41. The van der Waals surface area contributed by atoms with Crippen molar-refractivity contribution >= 4 is 29.2 Å². The van der Waals surface area contributed by atoms with Crippen LogP contribution in [0, 0.1) is 0 Å². The lowest BCUT2D eigenvalue weighted by molar-refractivity contribution is -0.139. The zero-order valence-electron chi connectivity index (χ0n) is 15.1. The monoisotopic (exact) mass is 368 g/mol. The van der Waals surface area contributed by atoms with E-state index < -0.39 is 12.6 Å². The standard InChI is InChI=1S/C20H20N2O5/c1-21(15-5-7-16(8-6-15)27-12-19(24)25)20(26)14-3-9-17-13(11-14)4-10-18(23)22(17)2/h3,5-9,11H,4,10,12H2,1-2H3,(H,24,25). The van der Waals surface area contributed by atoms with Gasteiger partial charge in [-0.15, -0.1) is 0 Å². The normalized spacial score (nSPS) is 13.1. The number of ether oxygens (including phenoxy) is 1. The predicted molar refractivity (Wildman–Crippen MR) is 100 cm³/mol. The first-order valence-corrected chi connectivity index (χ1v) is 8.49. The summed E-state index contributed by atoms with van der Waals surface area (Å²) < 4.78 is 5.09. The third-order valence-electron chi connectivity index (χ3n) is 4.56. The van der Waals surface area contributed by atoms with Crippen LogP contribution in [0.15, 0.2) is 42.5 Å². The van der Waals surface area contributed by atoms with Crippen molar-refractivity contribution in [3.8, 4) is 5.75 Å². The molecule has 1 aliphatic rings. The van der Waals surface area contributed by atoms with Gasteiger partial charge in [0.15, 0.2) is 6.61 Å². The molecule has 1 heterocycles. The van der Waals surface area contributed by atoms with Crippen LogP contribution in [0.1, 0.15) is 22.3 Å². The Hall–Kier alpha value is -3.35. The topological polar surface area (TPSA) is 87.2 Å². The fourth-order valence-electron chi connectivity index (χ4n) is 3.01. The van der Waals surface area contributed by atoms with Crippen molar-refractivity contribution in [2.24, 2.45) is 0 Å². The maximum Gasteiger partial charge on any atom is 0.341 e. The maximum absolute atomic E-state index is 12.8. The molecule has 0 bridgehead atoms. The quantitative estimate of drug-likeness (QED) is 0.875. The largest absolute Gasteiger partial charge is 0.482 e. The van der Waals surface area contributed by atoms with Crippen LogP contribution in [0.2, 0.25) is 0 Å². The second-order valence-electron chi connectivity index (χ2n) is 6.34. The summed E-state index contributed by atoms with van der Waals surface area (Å²) in [6.45, 7) is -0.416. The molecule has 2 aromatic rings. The van der Waals surface area contributed by atoms with E-state index in [9.17, 15) is 14.4 Å². The van der Waals surface area contributed by atoms with E-state index in [1.165, 1.54) is 4.90 Å². The number of nitrogens with zero attached hydrogens (tertiary/aromatic N) is 2. The lowest BCUT2D eigenvalue weighted by atomic mass is 9.98. The summed E-state index contributed by atoms with van der Waals surface area (Å²) in [5.41, 5.74) is 3.03. The Morgan fingerprint density at radius 3 is 2.52 bits per heavy atom. The predicted octanol–water partition coefficient (Wildman–Crippen LogP) is 2.34. The van der Waals surface area contributed by atoms with Gasteiger partial charge in [-0.2, -0.15) is 0 Å². The maximum atomic E-state index is 12.8. The van der Waals surface area contributed by atoms with Gasteiger partial charge in [0.2, 0.25) is 5.91 Å². The Morgan fingerprint density at radius 1 is 1.15 bits per heavy atom. The average Bonchev–Trinajstić information content (AvgIpc) is 2.68. The van der Waals surface area contributed by atoms with Crippen molar-refractivity contribution in [3.05, 3.63) is 53.6 Å². The molecule has 0 aromatic heterocycles. The summed E-state index contributed by atoms with van der Waals surface area (Å²) >= 11 is 0. The molecule has 2 aromatic carbocycles. The summed E-state index contributed by atoms with van der Waals surface area (Å²) in [4.78, 5) is 38.3. The number of aryl methyl sites for hydroxylation is 1. The van der Waals surface area contributed by atoms with Crippen LogP contribution < -0.4 is 14.5 Å². The molecule has 0 saturated carbocycles. The van der Waals surface area contributed by atoms with E-state index in [4.69, 9.17) is 9.84 Å². The number of carboxylic acid groups (broad SMARTS) is 1. The van der Waals surface area contributed by atoms with Crippen molar-refractivity contribution in [3.63, 3.8) is 0 Å². The molecule has 2 amide bonds. The minimum Gasteiger partial charge on any atom is -0.482 e. The third-order valence-corrected chi connectivity index (χ3v) is 4.56. The van der Waals surface area contributed by atoms with Crippen LogP contribution in [0.3, 0.4) is 0 Å². The van der Waals surface area contributed by atoms with Crippen LogP contribution in [-0.2, 0) is 16.0 Å². The fraction of sp³-hybridized carbons (Fsp3) is 0.250. The van der Waals surface area contributed by atoms with Gasteiger partial charge in [-0.05, 0) is 54.4 Å². The van der Waals surface area contributed by atoms with Gasteiger partial charge in [-0.3, -0.25) is 9.59 Å². The first-order valence-electron chi connectivity index (χ1n) is 8.49. The lowest BCUT2D eigenvalue weighted by Crippen LogP contribution is -2.32. The highest BCUT2D eigenvalue weighted by molar-refractivity contribution is 6.06. The van der Waals surface area contributed by atoms with Gasteiger partial charge in [0.05, 0.1) is 0 Å². The number of fused-ring (bicyclic) bond motifs is 1. The molecular formula is C20H20N2O5. The number of rotatable bonds is 5. The van der Waals surface area contributed by atoms with E-state index in [1.54, 1.807) is 55.4 Å². The Morgan fingerprint density at radius 2 is 1.85 bits per heavy atom. The van der Waals surface area contributed by atoms with Gasteiger partial charge in [0, 0.05) is 37.5 Å². The number of aliphatic carboxylic acids is 1. The number of hydrogen-bond acceptors (Lipinski definition) is 4. The minimum absolute atomic E-state index is 0.0731. The molecule has 27 heavy (non-hydrogen) atoms. The molecule has 1 N–H and O–H groups in total. The molecule has 0 aliphatic carbocycles. The number of benzene rings is 2. The number of carbonyl (C=O) groups is 3. The van der Waals surface area contributed by atoms with Gasteiger partial charge in [0.1, 0.15) is 5.75 Å². The number of carbonyl (C=O) groups excluding carboxylic acids is 2. The Balaban J connectivity index is 1.75. The smallest absolute Gasteiger partial charge is 0.341 e. The van der Waals surface area contributed by atoms with Crippen LogP contribution >= 0.6 is 0 Å². The average molecular weight is 368 g/mol. The van der Waals surface area contributed by atoms with E-state index in [2.05, 4.69) is 0 Å². The second-order valence-corrected chi connectivity index (χ2v) is 6.34. The van der Waals surface area contributed by atoms with Crippen LogP contribution in [0.5, 0.6) is 5.75 Å². The number of amides is 2. The van der Waals surface area contributed by atoms with Crippen LogP contribution in [0.25, 0.3) is 0 Å². The molecule has 7 nitrogen and oxygen atoms in total. The molecule has 0 unspecified atom stereocenters. The van der Waals surface area contributed by atoms with Crippen molar-refractivity contribution in [1.29, 1.82) is 0 Å². The van der Waals surface area contributed by atoms with Gasteiger partial charge >= 0.3 is 5.97 Å².